The van der Waals surface area contributed by atoms with Crippen molar-refractivity contribution in [3.05, 3.63) is 22.7 Å². The molecule has 2 aromatic rings. The average Bonchev–Trinajstić information content (AvgIpc) is 3.14. The zero-order valence-electron chi connectivity index (χ0n) is 17.2. The van der Waals surface area contributed by atoms with Crippen LogP contribution in [0.4, 0.5) is 27.9 Å². The molecule has 4 rings (SSSR count). The molecule has 1 aliphatic heterocycles. The lowest BCUT2D eigenvalue weighted by atomic mass is 9.80. The van der Waals surface area contributed by atoms with Crippen LogP contribution in [0.1, 0.15) is 36.4 Å². The number of anilines is 1. The van der Waals surface area contributed by atoms with Gasteiger partial charge in [-0.05, 0) is 12.8 Å². The summed E-state index contributed by atoms with van der Waals surface area (Å²) in [6.07, 6.45) is -4.12. The Morgan fingerprint density at radius 1 is 1.24 bits per heavy atom. The minimum Gasteiger partial charge on any atom is -0.393 e. The van der Waals surface area contributed by atoms with Gasteiger partial charge in [0.2, 0.25) is 16.0 Å². The summed E-state index contributed by atoms with van der Waals surface area (Å²) >= 11 is 0.348. The van der Waals surface area contributed by atoms with Crippen LogP contribution in [0.25, 0.3) is 10.6 Å². The minimum atomic E-state index is -4.98. The van der Waals surface area contributed by atoms with Crippen molar-refractivity contribution in [2.75, 3.05) is 24.7 Å². The first-order chi connectivity index (χ1) is 15.3. The summed E-state index contributed by atoms with van der Waals surface area (Å²) < 4.78 is 94.7. The van der Waals surface area contributed by atoms with Gasteiger partial charge in [-0.1, -0.05) is 0 Å². The summed E-state index contributed by atoms with van der Waals surface area (Å²) in [5.74, 6) is -1.27. The Morgan fingerprint density at radius 2 is 1.88 bits per heavy atom. The van der Waals surface area contributed by atoms with Gasteiger partial charge in [0.05, 0.1) is 23.4 Å². The molecule has 182 valence electrons. The molecule has 2 N–H and O–H groups in total. The third kappa shape index (κ3) is 4.95. The van der Waals surface area contributed by atoms with Crippen molar-refractivity contribution in [3.8, 4) is 10.6 Å². The fourth-order valence-electron chi connectivity index (χ4n) is 3.84. The number of rotatable bonds is 5. The van der Waals surface area contributed by atoms with Gasteiger partial charge in [0.15, 0.2) is 17.2 Å². The molecule has 0 amide bonds. The van der Waals surface area contributed by atoms with Crippen LogP contribution in [-0.4, -0.2) is 64.3 Å². The third-order valence-electron chi connectivity index (χ3n) is 5.61. The van der Waals surface area contributed by atoms with Crippen molar-refractivity contribution in [3.63, 3.8) is 0 Å². The van der Waals surface area contributed by atoms with Crippen molar-refractivity contribution in [1.29, 1.82) is 0 Å². The van der Waals surface area contributed by atoms with E-state index in [0.29, 0.717) is 30.4 Å². The molecule has 2 aliphatic rings. The molecular formula is C18H20F5N5O3S2. The van der Waals surface area contributed by atoms with Gasteiger partial charge in [0, 0.05) is 32.0 Å². The van der Waals surface area contributed by atoms with Gasteiger partial charge >= 0.3 is 6.18 Å². The van der Waals surface area contributed by atoms with Gasteiger partial charge in [-0.2, -0.15) is 13.2 Å². The molecule has 2 fully saturated rings. The van der Waals surface area contributed by atoms with E-state index in [1.807, 2.05) is 0 Å². The Balaban J connectivity index is 1.61. The fraction of sp³-hybridized carbons (Fsp3) is 0.611. The summed E-state index contributed by atoms with van der Waals surface area (Å²) in [6, 6.07) is -0.272. The third-order valence-corrected chi connectivity index (χ3v) is 8.16. The highest BCUT2D eigenvalue weighted by Crippen LogP contribution is 2.50. The van der Waals surface area contributed by atoms with E-state index in [1.165, 1.54) is 4.31 Å². The molecule has 0 unspecified atom stereocenters. The largest absolute Gasteiger partial charge is 0.434 e. The SMILES string of the molecule is CS(=O)(=O)N1CCC(Nc2ncc(F)c(-c3sc([C@]4(F)C[C@H](O)C4)nc3C(F)(F)F)n2)CC1. The number of sulfonamides is 1. The molecular weight excluding hydrogens is 493 g/mol. The van der Waals surface area contributed by atoms with Crippen molar-refractivity contribution >= 4 is 27.3 Å². The molecule has 15 heteroatoms. The molecule has 8 nitrogen and oxygen atoms in total. The minimum absolute atomic E-state index is 0.138. The number of nitrogens with one attached hydrogen (secondary N) is 1. The summed E-state index contributed by atoms with van der Waals surface area (Å²) in [4.78, 5) is 10.4. The smallest absolute Gasteiger partial charge is 0.393 e. The molecule has 0 aromatic carbocycles. The standard InChI is InChI=1S/C18H20F5N5O3S2/c1-33(30,31)28-4-2-9(3-5-28)25-16-24-8-11(19)12(26-16)13-14(18(21,22)23)27-15(32-13)17(20)6-10(29)7-17/h8-10,29H,2-7H2,1H3,(H,24,25,26)/t10-,17-. The first-order valence-electron chi connectivity index (χ1n) is 9.96. The Morgan fingerprint density at radius 3 is 2.42 bits per heavy atom. The molecule has 1 aliphatic carbocycles. The lowest BCUT2D eigenvalue weighted by Gasteiger charge is -2.36. The number of nitrogens with zero attached hydrogens (tertiary/aromatic N) is 4. The Hall–Kier alpha value is -1.97. The number of halogens is 5. The number of alkyl halides is 4. The molecule has 0 spiro atoms. The zero-order valence-corrected chi connectivity index (χ0v) is 18.9. The van der Waals surface area contributed by atoms with Crippen LogP contribution in [0.2, 0.25) is 0 Å². The van der Waals surface area contributed by atoms with Gasteiger partial charge in [-0.25, -0.2) is 36.5 Å². The molecule has 0 atom stereocenters. The maximum Gasteiger partial charge on any atom is 0.434 e. The molecule has 3 heterocycles. The van der Waals surface area contributed by atoms with Crippen LogP contribution in [-0.2, 0) is 21.9 Å². The van der Waals surface area contributed by atoms with Crippen LogP contribution in [0, 0.1) is 5.82 Å². The van der Waals surface area contributed by atoms with E-state index in [1.54, 1.807) is 0 Å². The van der Waals surface area contributed by atoms with Crippen LogP contribution < -0.4 is 5.32 Å². The van der Waals surface area contributed by atoms with Crippen molar-refractivity contribution in [1.82, 2.24) is 19.3 Å². The van der Waals surface area contributed by atoms with Crippen LogP contribution in [0.3, 0.4) is 0 Å². The van der Waals surface area contributed by atoms with Gasteiger partial charge < -0.3 is 10.4 Å². The van der Waals surface area contributed by atoms with Crippen LogP contribution in [0.5, 0.6) is 0 Å². The number of hydrogen-bond acceptors (Lipinski definition) is 8. The highest BCUT2D eigenvalue weighted by atomic mass is 32.2. The second kappa shape index (κ2) is 8.36. The Kier molecular flexibility index (Phi) is 6.12. The molecule has 33 heavy (non-hydrogen) atoms. The molecule has 1 saturated carbocycles. The normalized spacial score (nSPS) is 25.1. The summed E-state index contributed by atoms with van der Waals surface area (Å²) in [6.45, 7) is 0.483. The van der Waals surface area contributed by atoms with E-state index in [-0.39, 0.29) is 37.9 Å². The van der Waals surface area contributed by atoms with Crippen LogP contribution >= 0.6 is 11.3 Å². The van der Waals surface area contributed by atoms with E-state index < -0.39 is 55.1 Å². The number of piperidine rings is 1. The van der Waals surface area contributed by atoms with Gasteiger partial charge in [-0.3, -0.25) is 0 Å². The lowest BCUT2D eigenvalue weighted by molar-refractivity contribution is -0.140. The quantitative estimate of drug-likeness (QED) is 0.592. The van der Waals surface area contributed by atoms with E-state index >= 15 is 0 Å². The molecule has 0 radical (unpaired) electrons. The van der Waals surface area contributed by atoms with Gasteiger partial charge in [0.1, 0.15) is 10.7 Å². The monoisotopic (exact) mass is 513 g/mol. The summed E-state index contributed by atoms with van der Waals surface area (Å²) in [5, 5.41) is 11.8. The van der Waals surface area contributed by atoms with Crippen molar-refractivity contribution < 1.29 is 35.5 Å². The predicted octanol–water partition coefficient (Wildman–Crippen LogP) is 2.91. The van der Waals surface area contributed by atoms with E-state index in [9.17, 15) is 35.5 Å². The molecule has 1 saturated heterocycles. The number of aliphatic hydroxyl groups is 1. The van der Waals surface area contributed by atoms with E-state index in [2.05, 4.69) is 20.3 Å². The first-order valence-corrected chi connectivity index (χ1v) is 12.6. The second-order valence-electron chi connectivity index (χ2n) is 8.19. The topological polar surface area (TPSA) is 108 Å². The van der Waals surface area contributed by atoms with Crippen LogP contribution in [0.15, 0.2) is 6.20 Å². The summed E-state index contributed by atoms with van der Waals surface area (Å²) in [7, 11) is -3.33. The predicted molar refractivity (Wildman–Crippen MR) is 109 cm³/mol. The number of thiazole rings is 1. The highest BCUT2D eigenvalue weighted by Gasteiger charge is 2.50. The van der Waals surface area contributed by atoms with Gasteiger partial charge in [-0.15, -0.1) is 11.3 Å². The van der Waals surface area contributed by atoms with Gasteiger partial charge in [0.25, 0.3) is 0 Å². The summed E-state index contributed by atoms with van der Waals surface area (Å²) in [5.41, 5.74) is -4.33. The Labute approximate surface area is 189 Å². The first kappa shape index (κ1) is 24.2. The van der Waals surface area contributed by atoms with Crippen molar-refractivity contribution in [2.45, 2.75) is 49.7 Å². The second-order valence-corrected chi connectivity index (χ2v) is 11.2. The maximum atomic E-state index is 14.8. The average molecular weight is 514 g/mol. The maximum absolute atomic E-state index is 14.8. The van der Waals surface area contributed by atoms with E-state index in [4.69, 9.17) is 0 Å². The molecule has 0 bridgehead atoms. The van der Waals surface area contributed by atoms with Crippen molar-refractivity contribution in [2.24, 2.45) is 0 Å². The van der Waals surface area contributed by atoms with E-state index in [0.717, 1.165) is 6.26 Å². The molecule has 2 aromatic heterocycles. The highest BCUT2D eigenvalue weighted by molar-refractivity contribution is 7.88. The fourth-order valence-corrected chi connectivity index (χ4v) is 5.89. The number of aromatic nitrogens is 3. The zero-order chi connectivity index (χ0) is 24.2. The number of aliphatic hydroxyl groups excluding tert-OH is 1. The lowest BCUT2D eigenvalue weighted by Crippen LogP contribution is -2.42. The Bertz CT molecular complexity index is 1140. The number of hydrogen-bond donors (Lipinski definition) is 2.